The van der Waals surface area contributed by atoms with Crippen molar-refractivity contribution in [2.75, 3.05) is 30.5 Å². The number of carbonyl (C=O) groups is 1. The van der Waals surface area contributed by atoms with E-state index in [1.54, 1.807) is 41.8 Å². The van der Waals surface area contributed by atoms with E-state index in [1.807, 2.05) is 0 Å². The predicted octanol–water partition coefficient (Wildman–Crippen LogP) is 2.69. The third kappa shape index (κ3) is 3.77. The van der Waals surface area contributed by atoms with E-state index in [4.69, 9.17) is 27.9 Å². The fourth-order valence-electron chi connectivity index (χ4n) is 3.68. The molecular weight excluding hydrogens is 417 g/mol. The van der Waals surface area contributed by atoms with Gasteiger partial charge in [0, 0.05) is 20.7 Å². The first-order chi connectivity index (χ1) is 13.9. The number of aliphatic hydroxyl groups excluding tert-OH is 1. The normalized spacial score (nSPS) is 22.0. The number of amides is 1. The number of aromatic nitrogens is 2. The Morgan fingerprint density at radius 3 is 2.79 bits per heavy atom. The highest BCUT2D eigenvalue weighted by atomic mass is 35.5. The van der Waals surface area contributed by atoms with Gasteiger partial charge in [-0.3, -0.25) is 9.69 Å². The molecule has 2 aromatic rings. The van der Waals surface area contributed by atoms with Gasteiger partial charge in [0.15, 0.2) is 11.5 Å². The van der Waals surface area contributed by atoms with Crippen LogP contribution in [-0.2, 0) is 18.3 Å². The molecule has 1 fully saturated rings. The highest BCUT2D eigenvalue weighted by molar-refractivity contribution is 6.42. The summed E-state index contributed by atoms with van der Waals surface area (Å²) in [5.41, 5.74) is 1.18. The van der Waals surface area contributed by atoms with Gasteiger partial charge in [-0.15, -0.1) is 0 Å². The molecule has 0 aliphatic carbocycles. The zero-order chi connectivity index (χ0) is 20.7. The van der Waals surface area contributed by atoms with Crippen LogP contribution in [0.1, 0.15) is 28.9 Å². The van der Waals surface area contributed by atoms with Crippen LogP contribution in [0.25, 0.3) is 0 Å². The van der Waals surface area contributed by atoms with Crippen LogP contribution in [0, 0.1) is 0 Å². The predicted molar refractivity (Wildman–Crippen MR) is 111 cm³/mol. The third-order valence-electron chi connectivity index (χ3n) is 5.33. The van der Waals surface area contributed by atoms with Crippen molar-refractivity contribution in [3.8, 4) is 0 Å². The fourth-order valence-corrected chi connectivity index (χ4v) is 4.00. The molecular formula is C19H23Cl2N5O3. The summed E-state index contributed by atoms with van der Waals surface area (Å²) in [6.07, 6.45) is 0.815. The Hall–Kier alpha value is -2.00. The lowest BCUT2D eigenvalue weighted by atomic mass is 10.1. The zero-order valence-electron chi connectivity index (χ0n) is 16.2. The topological polar surface area (TPSA) is 82.9 Å². The van der Waals surface area contributed by atoms with Gasteiger partial charge in [-0.25, -0.2) is 0 Å². The minimum Gasteiger partial charge on any atom is -0.379 e. The maximum absolute atomic E-state index is 13.2. The molecule has 0 radical (unpaired) electrons. The standard InChI is InChI=1S/C19H23Cl2N5O3/c1-24-15-16(23-18(24)22-12-4-3-7-29-10-12)25(2)19(28)26(17(15)27)9-11-5-6-13(20)14(21)8-11/h5-6,8,12,19,28H,3-4,7,9-10H2,1-2H3,(H,22,23)/t12-,19?/m0/s1. The second kappa shape index (κ2) is 8.02. The van der Waals surface area contributed by atoms with E-state index in [0.717, 1.165) is 25.0 Å². The van der Waals surface area contributed by atoms with Crippen molar-refractivity contribution in [3.05, 3.63) is 39.5 Å². The molecule has 4 rings (SSSR count). The van der Waals surface area contributed by atoms with Crippen molar-refractivity contribution < 1.29 is 14.6 Å². The number of nitrogens with one attached hydrogen (secondary N) is 1. The molecule has 0 saturated carbocycles. The summed E-state index contributed by atoms with van der Waals surface area (Å²) in [4.78, 5) is 20.7. The Kier molecular flexibility index (Phi) is 5.61. The number of benzene rings is 1. The monoisotopic (exact) mass is 439 g/mol. The van der Waals surface area contributed by atoms with Gasteiger partial charge in [-0.2, -0.15) is 4.98 Å². The van der Waals surface area contributed by atoms with Crippen LogP contribution in [0.15, 0.2) is 18.2 Å². The van der Waals surface area contributed by atoms with Gasteiger partial charge in [0.25, 0.3) is 5.91 Å². The van der Waals surface area contributed by atoms with Gasteiger partial charge in [-0.1, -0.05) is 29.3 Å². The molecule has 29 heavy (non-hydrogen) atoms. The molecule has 8 nitrogen and oxygen atoms in total. The molecule has 2 N–H and O–H groups in total. The van der Waals surface area contributed by atoms with Crippen LogP contribution < -0.4 is 10.2 Å². The summed E-state index contributed by atoms with van der Waals surface area (Å²) < 4.78 is 7.24. The number of rotatable bonds is 4. The number of halogens is 2. The molecule has 10 heteroatoms. The fraction of sp³-hybridized carbons (Fsp3) is 0.474. The first-order valence-corrected chi connectivity index (χ1v) is 10.2. The van der Waals surface area contributed by atoms with Crippen molar-refractivity contribution in [2.45, 2.75) is 31.8 Å². The second-order valence-corrected chi connectivity index (χ2v) is 8.18. The number of hydrogen-bond donors (Lipinski definition) is 2. The van der Waals surface area contributed by atoms with E-state index in [-0.39, 0.29) is 18.5 Å². The molecule has 2 aliphatic rings. The molecule has 156 valence electrons. The van der Waals surface area contributed by atoms with Crippen LogP contribution in [-0.4, -0.2) is 58.1 Å². The number of aliphatic hydroxyl groups is 1. The Labute approximate surface area is 179 Å². The Bertz CT molecular complexity index is 929. The number of nitrogens with zero attached hydrogens (tertiary/aromatic N) is 4. The molecule has 1 amide bonds. The maximum atomic E-state index is 13.2. The summed E-state index contributed by atoms with van der Waals surface area (Å²) in [6, 6.07) is 5.29. The molecule has 2 aliphatic heterocycles. The molecule has 1 unspecified atom stereocenters. The molecule has 0 bridgehead atoms. The summed E-state index contributed by atoms with van der Waals surface area (Å²) in [5, 5.41) is 14.9. The van der Waals surface area contributed by atoms with E-state index in [2.05, 4.69) is 10.3 Å². The quantitative estimate of drug-likeness (QED) is 0.761. The van der Waals surface area contributed by atoms with E-state index >= 15 is 0 Å². The average molecular weight is 440 g/mol. The van der Waals surface area contributed by atoms with Crippen molar-refractivity contribution in [3.63, 3.8) is 0 Å². The largest absolute Gasteiger partial charge is 0.379 e. The lowest BCUT2D eigenvalue weighted by Gasteiger charge is -2.38. The molecule has 1 aromatic carbocycles. The van der Waals surface area contributed by atoms with Crippen molar-refractivity contribution in [1.82, 2.24) is 14.5 Å². The molecule has 3 heterocycles. The second-order valence-electron chi connectivity index (χ2n) is 7.36. The SMILES string of the molecule is CN1c2nc(N[C@H]3CCCOC3)n(C)c2C(=O)N(Cc2ccc(Cl)c(Cl)c2)C1O. The van der Waals surface area contributed by atoms with Crippen LogP contribution in [0.2, 0.25) is 10.0 Å². The van der Waals surface area contributed by atoms with Gasteiger partial charge in [0.2, 0.25) is 12.3 Å². The van der Waals surface area contributed by atoms with Crippen molar-refractivity contribution >= 4 is 40.9 Å². The van der Waals surface area contributed by atoms with Gasteiger partial charge >= 0.3 is 0 Å². The summed E-state index contributed by atoms with van der Waals surface area (Å²) >= 11 is 12.1. The Balaban J connectivity index is 1.61. The van der Waals surface area contributed by atoms with Gasteiger partial charge in [-0.05, 0) is 30.5 Å². The zero-order valence-corrected chi connectivity index (χ0v) is 17.7. The molecule has 1 saturated heterocycles. The number of fused-ring (bicyclic) bond motifs is 1. The lowest BCUT2D eigenvalue weighted by molar-refractivity contribution is -0.000730. The Morgan fingerprint density at radius 2 is 2.10 bits per heavy atom. The number of imidazole rings is 1. The average Bonchev–Trinajstić information content (AvgIpc) is 3.03. The van der Waals surface area contributed by atoms with E-state index < -0.39 is 6.35 Å². The molecule has 0 spiro atoms. The minimum absolute atomic E-state index is 0.143. The van der Waals surface area contributed by atoms with Gasteiger partial charge in [0.1, 0.15) is 0 Å². The van der Waals surface area contributed by atoms with Gasteiger partial charge in [0.05, 0.1) is 29.2 Å². The summed E-state index contributed by atoms with van der Waals surface area (Å²) in [7, 11) is 3.50. The Morgan fingerprint density at radius 1 is 1.31 bits per heavy atom. The lowest BCUT2D eigenvalue weighted by Crippen LogP contribution is -2.53. The number of ether oxygens (including phenoxy) is 1. The van der Waals surface area contributed by atoms with E-state index in [9.17, 15) is 9.90 Å². The van der Waals surface area contributed by atoms with E-state index in [1.165, 1.54) is 4.90 Å². The van der Waals surface area contributed by atoms with Crippen LogP contribution in [0.5, 0.6) is 0 Å². The first-order valence-electron chi connectivity index (χ1n) is 9.43. The van der Waals surface area contributed by atoms with Crippen LogP contribution in [0.4, 0.5) is 11.8 Å². The molecule has 2 atom stereocenters. The van der Waals surface area contributed by atoms with Crippen LogP contribution >= 0.6 is 23.2 Å². The minimum atomic E-state index is -1.15. The molecule has 1 aromatic heterocycles. The highest BCUT2D eigenvalue weighted by Crippen LogP contribution is 2.32. The van der Waals surface area contributed by atoms with E-state index in [0.29, 0.717) is 34.1 Å². The smallest absolute Gasteiger partial charge is 0.278 e. The van der Waals surface area contributed by atoms with Gasteiger partial charge < -0.3 is 24.6 Å². The number of anilines is 2. The summed E-state index contributed by atoms with van der Waals surface area (Å²) in [5.74, 6) is 0.712. The van der Waals surface area contributed by atoms with Crippen molar-refractivity contribution in [1.29, 1.82) is 0 Å². The van der Waals surface area contributed by atoms with Crippen LogP contribution in [0.3, 0.4) is 0 Å². The maximum Gasteiger partial charge on any atom is 0.278 e. The highest BCUT2D eigenvalue weighted by Gasteiger charge is 2.39. The number of carbonyl (C=O) groups excluding carboxylic acids is 1. The number of hydrogen-bond acceptors (Lipinski definition) is 6. The third-order valence-corrected chi connectivity index (χ3v) is 6.07. The van der Waals surface area contributed by atoms with Crippen molar-refractivity contribution in [2.24, 2.45) is 7.05 Å². The summed E-state index contributed by atoms with van der Waals surface area (Å²) in [6.45, 7) is 1.56. The first kappa shape index (κ1) is 20.3.